The van der Waals surface area contributed by atoms with Crippen molar-refractivity contribution < 1.29 is 19.0 Å². The van der Waals surface area contributed by atoms with Crippen LogP contribution in [0.1, 0.15) is 41.8 Å². The van der Waals surface area contributed by atoms with Gasteiger partial charge in [0.2, 0.25) is 0 Å². The molecule has 0 radical (unpaired) electrons. The second kappa shape index (κ2) is 12.5. The highest BCUT2D eigenvalue weighted by Gasteiger charge is 2.12. The van der Waals surface area contributed by atoms with Crippen molar-refractivity contribution in [3.05, 3.63) is 88.4 Å². The van der Waals surface area contributed by atoms with Crippen LogP contribution in [0.15, 0.2) is 71.8 Å². The summed E-state index contributed by atoms with van der Waals surface area (Å²) in [5.41, 5.74) is 4.65. The van der Waals surface area contributed by atoms with Gasteiger partial charge in [-0.15, -0.1) is 0 Å². The highest BCUT2D eigenvalue weighted by molar-refractivity contribution is 6.30. The van der Waals surface area contributed by atoms with Crippen LogP contribution in [0.4, 0.5) is 0 Å². The van der Waals surface area contributed by atoms with E-state index in [0.29, 0.717) is 53.2 Å². The number of carbonyl (C=O) groups excluding carboxylic acids is 1. The van der Waals surface area contributed by atoms with Gasteiger partial charge in [0, 0.05) is 16.1 Å². The molecule has 0 fully saturated rings. The first-order valence-electron chi connectivity index (χ1n) is 10.8. The predicted octanol–water partition coefficient (Wildman–Crippen LogP) is 5.87. The fourth-order valence-electron chi connectivity index (χ4n) is 2.96. The maximum atomic E-state index is 12.6. The van der Waals surface area contributed by atoms with E-state index in [1.807, 2.05) is 44.2 Å². The quantitative estimate of drug-likeness (QED) is 0.283. The Kier molecular flexibility index (Phi) is 9.15. The van der Waals surface area contributed by atoms with Crippen molar-refractivity contribution in [3.8, 4) is 17.2 Å². The zero-order valence-electron chi connectivity index (χ0n) is 18.7. The number of rotatable bonds is 11. The van der Waals surface area contributed by atoms with E-state index in [2.05, 4.69) is 10.5 Å². The molecule has 0 spiro atoms. The van der Waals surface area contributed by atoms with Gasteiger partial charge in [0.05, 0.1) is 19.4 Å². The summed E-state index contributed by atoms with van der Waals surface area (Å²) < 4.78 is 17.3. The summed E-state index contributed by atoms with van der Waals surface area (Å²) >= 11 is 6.08. The van der Waals surface area contributed by atoms with Crippen molar-refractivity contribution in [1.29, 1.82) is 0 Å². The Hall–Kier alpha value is -3.51. The third kappa shape index (κ3) is 7.26. The molecular formula is C26H27ClN2O4. The Balaban J connectivity index is 1.68. The molecule has 0 heterocycles. The summed E-state index contributed by atoms with van der Waals surface area (Å²) in [6, 6.07) is 20.1. The Morgan fingerprint density at radius 3 is 2.48 bits per heavy atom. The summed E-state index contributed by atoms with van der Waals surface area (Å²) in [4.78, 5) is 12.6. The van der Waals surface area contributed by atoms with Gasteiger partial charge < -0.3 is 14.2 Å². The number of nitrogens with zero attached hydrogens (tertiary/aromatic N) is 1. The zero-order chi connectivity index (χ0) is 23.5. The minimum atomic E-state index is -0.375. The van der Waals surface area contributed by atoms with E-state index < -0.39 is 0 Å². The maximum absolute atomic E-state index is 12.6. The van der Waals surface area contributed by atoms with Crippen molar-refractivity contribution in [2.75, 3.05) is 13.2 Å². The van der Waals surface area contributed by atoms with E-state index in [0.717, 1.165) is 12.0 Å². The van der Waals surface area contributed by atoms with Crippen LogP contribution < -0.4 is 19.6 Å². The number of nitrogens with one attached hydrogen (secondary N) is 1. The summed E-state index contributed by atoms with van der Waals surface area (Å²) in [7, 11) is 0. The highest BCUT2D eigenvalue weighted by Crippen LogP contribution is 2.29. The Morgan fingerprint density at radius 1 is 0.939 bits per heavy atom. The average Bonchev–Trinajstić information content (AvgIpc) is 2.83. The standard InChI is InChI=1S/C26H27ClN2O4/c1-3-14-32-23-13-11-22(27)15-21(23)17-28-29-26(30)20-10-12-24(25(16-20)31-4-2)33-18-19-8-6-5-7-9-19/h5-13,15-17H,3-4,14,18H2,1-2H3,(H,29,30)/b28-17+. The lowest BCUT2D eigenvalue weighted by Crippen LogP contribution is -2.18. The summed E-state index contributed by atoms with van der Waals surface area (Å²) in [5, 5.41) is 4.62. The first-order valence-corrected chi connectivity index (χ1v) is 11.2. The van der Waals surface area contributed by atoms with E-state index in [-0.39, 0.29) is 5.91 Å². The molecule has 3 aromatic carbocycles. The molecule has 1 N–H and O–H groups in total. The maximum Gasteiger partial charge on any atom is 0.271 e. The van der Waals surface area contributed by atoms with Crippen LogP contribution in [0.3, 0.4) is 0 Å². The Labute approximate surface area is 199 Å². The number of hydrazone groups is 1. The van der Waals surface area contributed by atoms with Crippen LogP contribution in [0.25, 0.3) is 0 Å². The molecule has 33 heavy (non-hydrogen) atoms. The van der Waals surface area contributed by atoms with E-state index in [4.69, 9.17) is 25.8 Å². The van der Waals surface area contributed by atoms with E-state index in [9.17, 15) is 4.79 Å². The zero-order valence-corrected chi connectivity index (χ0v) is 19.5. The van der Waals surface area contributed by atoms with Crippen LogP contribution >= 0.6 is 11.6 Å². The SMILES string of the molecule is CCCOc1ccc(Cl)cc1/C=N/NC(=O)c1ccc(OCc2ccccc2)c(OCC)c1. The summed E-state index contributed by atoms with van der Waals surface area (Å²) in [6.45, 7) is 5.33. The van der Waals surface area contributed by atoms with Gasteiger partial charge in [-0.2, -0.15) is 5.10 Å². The van der Waals surface area contributed by atoms with Crippen molar-refractivity contribution in [1.82, 2.24) is 5.43 Å². The van der Waals surface area contributed by atoms with Gasteiger partial charge >= 0.3 is 0 Å². The van der Waals surface area contributed by atoms with Gasteiger partial charge in [-0.05, 0) is 55.3 Å². The van der Waals surface area contributed by atoms with Crippen LogP contribution in [0.2, 0.25) is 5.02 Å². The fraction of sp³-hybridized carbons (Fsp3) is 0.231. The van der Waals surface area contributed by atoms with Gasteiger partial charge in [-0.3, -0.25) is 4.79 Å². The number of carbonyl (C=O) groups is 1. The first kappa shape index (κ1) is 24.1. The molecule has 7 heteroatoms. The van der Waals surface area contributed by atoms with Gasteiger partial charge in [-0.25, -0.2) is 5.43 Å². The lowest BCUT2D eigenvalue weighted by molar-refractivity contribution is 0.0954. The third-order valence-electron chi connectivity index (χ3n) is 4.55. The summed E-state index contributed by atoms with van der Waals surface area (Å²) in [6.07, 6.45) is 2.39. The molecule has 3 aromatic rings. The normalized spacial score (nSPS) is 10.8. The molecule has 0 aliphatic heterocycles. The molecule has 0 unspecified atom stereocenters. The first-order chi connectivity index (χ1) is 16.1. The minimum Gasteiger partial charge on any atom is -0.493 e. The van der Waals surface area contributed by atoms with Gasteiger partial charge in [0.1, 0.15) is 12.4 Å². The minimum absolute atomic E-state index is 0.375. The second-order valence-corrected chi connectivity index (χ2v) is 7.53. The lowest BCUT2D eigenvalue weighted by atomic mass is 10.2. The molecule has 6 nitrogen and oxygen atoms in total. The second-order valence-electron chi connectivity index (χ2n) is 7.10. The number of amides is 1. The molecule has 0 saturated heterocycles. The average molecular weight is 467 g/mol. The smallest absolute Gasteiger partial charge is 0.271 e. The summed E-state index contributed by atoms with van der Waals surface area (Å²) in [5.74, 6) is 1.34. The molecule has 0 atom stereocenters. The van der Waals surface area contributed by atoms with Crippen LogP contribution in [-0.4, -0.2) is 25.3 Å². The molecule has 0 bridgehead atoms. The van der Waals surface area contributed by atoms with Crippen molar-refractivity contribution in [2.45, 2.75) is 26.9 Å². The topological polar surface area (TPSA) is 69.2 Å². The fourth-order valence-corrected chi connectivity index (χ4v) is 3.14. The van der Waals surface area contributed by atoms with E-state index in [1.54, 1.807) is 36.4 Å². The lowest BCUT2D eigenvalue weighted by Gasteiger charge is -2.13. The van der Waals surface area contributed by atoms with Crippen LogP contribution in [0, 0.1) is 0 Å². The Bertz CT molecular complexity index is 1090. The van der Waals surface area contributed by atoms with Crippen LogP contribution in [-0.2, 0) is 6.61 Å². The predicted molar refractivity (Wildman–Crippen MR) is 131 cm³/mol. The van der Waals surface area contributed by atoms with Crippen molar-refractivity contribution >= 4 is 23.7 Å². The molecule has 0 aliphatic carbocycles. The number of benzene rings is 3. The van der Waals surface area contributed by atoms with Crippen molar-refractivity contribution in [3.63, 3.8) is 0 Å². The largest absolute Gasteiger partial charge is 0.493 e. The van der Waals surface area contributed by atoms with Crippen molar-refractivity contribution in [2.24, 2.45) is 5.10 Å². The van der Waals surface area contributed by atoms with Gasteiger partial charge in [0.25, 0.3) is 5.91 Å². The third-order valence-corrected chi connectivity index (χ3v) is 4.78. The van der Waals surface area contributed by atoms with Gasteiger partial charge in [-0.1, -0.05) is 48.9 Å². The monoisotopic (exact) mass is 466 g/mol. The number of hydrogen-bond acceptors (Lipinski definition) is 5. The molecule has 172 valence electrons. The molecule has 1 amide bonds. The highest BCUT2D eigenvalue weighted by atomic mass is 35.5. The number of ether oxygens (including phenoxy) is 3. The number of hydrogen-bond donors (Lipinski definition) is 1. The molecule has 3 rings (SSSR count). The van der Waals surface area contributed by atoms with Crippen LogP contribution in [0.5, 0.6) is 17.2 Å². The molecular weight excluding hydrogens is 440 g/mol. The number of halogens is 1. The van der Waals surface area contributed by atoms with Gasteiger partial charge in [0.15, 0.2) is 11.5 Å². The molecule has 0 saturated carbocycles. The Morgan fingerprint density at radius 2 is 1.73 bits per heavy atom. The van der Waals surface area contributed by atoms with E-state index in [1.165, 1.54) is 6.21 Å². The van der Waals surface area contributed by atoms with E-state index >= 15 is 0 Å². The molecule has 0 aliphatic rings. The molecule has 0 aromatic heterocycles.